The van der Waals surface area contributed by atoms with Crippen LogP contribution in [-0.2, 0) is 4.79 Å². The Bertz CT molecular complexity index is 277. The molecule has 1 amide bonds. The molecule has 0 aliphatic heterocycles. The lowest BCUT2D eigenvalue weighted by Crippen LogP contribution is -2.59. The molecular formula is C12H23N3O. The number of carbonyl (C=O) groups is 1. The van der Waals surface area contributed by atoms with E-state index in [0.717, 1.165) is 25.3 Å². The number of carbonyl (C=O) groups excluding carboxylic acids is 1. The molecule has 3 N–H and O–H groups in total. The Morgan fingerprint density at radius 3 is 2.56 bits per heavy atom. The van der Waals surface area contributed by atoms with Crippen molar-refractivity contribution in [2.45, 2.75) is 56.1 Å². The van der Waals surface area contributed by atoms with E-state index >= 15 is 0 Å². The van der Waals surface area contributed by atoms with Crippen molar-refractivity contribution in [2.24, 2.45) is 5.73 Å². The lowest BCUT2D eigenvalue weighted by atomic mass is 9.78. The summed E-state index contributed by atoms with van der Waals surface area (Å²) in [5.41, 5.74) is 5.08. The normalized spacial score (nSPS) is 35.3. The van der Waals surface area contributed by atoms with Crippen LogP contribution in [0, 0.1) is 0 Å². The lowest BCUT2D eigenvalue weighted by Gasteiger charge is -2.42. The van der Waals surface area contributed by atoms with E-state index in [1.165, 1.54) is 19.3 Å². The van der Waals surface area contributed by atoms with Crippen LogP contribution in [0.2, 0.25) is 0 Å². The maximum absolute atomic E-state index is 11.6. The monoisotopic (exact) mass is 225 g/mol. The molecule has 2 aliphatic carbocycles. The lowest BCUT2D eigenvalue weighted by molar-refractivity contribution is -0.126. The molecule has 16 heavy (non-hydrogen) atoms. The van der Waals surface area contributed by atoms with Crippen LogP contribution in [0.5, 0.6) is 0 Å². The second-order valence-corrected chi connectivity index (χ2v) is 5.34. The highest BCUT2D eigenvalue weighted by molar-refractivity contribution is 5.84. The zero-order chi connectivity index (χ0) is 11.8. The van der Waals surface area contributed by atoms with Gasteiger partial charge < -0.3 is 16.0 Å². The van der Waals surface area contributed by atoms with Gasteiger partial charge in [0.1, 0.15) is 0 Å². The van der Waals surface area contributed by atoms with Crippen LogP contribution in [0.1, 0.15) is 38.5 Å². The Labute approximate surface area is 97.6 Å². The number of nitrogens with one attached hydrogen (secondary N) is 1. The fourth-order valence-corrected chi connectivity index (χ4v) is 2.95. The number of nitrogens with two attached hydrogens (primary N) is 1. The van der Waals surface area contributed by atoms with E-state index in [2.05, 4.69) is 17.3 Å². The number of amides is 1. The van der Waals surface area contributed by atoms with E-state index in [9.17, 15) is 4.79 Å². The maximum Gasteiger partial charge on any atom is 0.237 e. The predicted octanol–water partition coefficient (Wildman–Crippen LogP) is 0.467. The van der Waals surface area contributed by atoms with Crippen LogP contribution in [-0.4, -0.2) is 42.5 Å². The minimum absolute atomic E-state index is 0.191. The van der Waals surface area contributed by atoms with E-state index in [4.69, 9.17) is 5.73 Å². The summed E-state index contributed by atoms with van der Waals surface area (Å²) < 4.78 is 0. The van der Waals surface area contributed by atoms with E-state index < -0.39 is 5.54 Å². The molecule has 0 aromatic carbocycles. The van der Waals surface area contributed by atoms with Gasteiger partial charge in [0, 0.05) is 12.1 Å². The number of rotatable bonds is 4. The zero-order valence-electron chi connectivity index (χ0n) is 10.3. The van der Waals surface area contributed by atoms with Crippen molar-refractivity contribution in [3.8, 4) is 0 Å². The smallest absolute Gasteiger partial charge is 0.237 e. The second kappa shape index (κ2) is 4.34. The molecule has 2 fully saturated rings. The van der Waals surface area contributed by atoms with Crippen LogP contribution < -0.4 is 11.1 Å². The van der Waals surface area contributed by atoms with Gasteiger partial charge in [-0.05, 0) is 52.6 Å². The molecule has 0 heterocycles. The third-order valence-electron chi connectivity index (χ3n) is 4.37. The summed E-state index contributed by atoms with van der Waals surface area (Å²) >= 11 is 0. The van der Waals surface area contributed by atoms with Crippen molar-refractivity contribution in [3.63, 3.8) is 0 Å². The van der Waals surface area contributed by atoms with Crippen molar-refractivity contribution in [2.75, 3.05) is 14.1 Å². The van der Waals surface area contributed by atoms with Crippen molar-refractivity contribution in [1.29, 1.82) is 0 Å². The van der Waals surface area contributed by atoms with E-state index in [0.29, 0.717) is 6.04 Å². The molecule has 2 unspecified atom stereocenters. The minimum atomic E-state index is -0.466. The van der Waals surface area contributed by atoms with Crippen LogP contribution in [0.4, 0.5) is 0 Å². The van der Waals surface area contributed by atoms with Gasteiger partial charge in [-0.1, -0.05) is 0 Å². The van der Waals surface area contributed by atoms with Gasteiger partial charge in [0.15, 0.2) is 0 Å². The zero-order valence-corrected chi connectivity index (χ0v) is 10.3. The van der Waals surface area contributed by atoms with E-state index in [-0.39, 0.29) is 5.91 Å². The molecule has 2 saturated carbocycles. The first-order valence-corrected chi connectivity index (χ1v) is 6.30. The summed E-state index contributed by atoms with van der Waals surface area (Å²) in [7, 11) is 4.04. The van der Waals surface area contributed by atoms with Crippen LogP contribution in [0.25, 0.3) is 0 Å². The topological polar surface area (TPSA) is 58.4 Å². The summed E-state index contributed by atoms with van der Waals surface area (Å²) in [5.74, 6) is -0.191. The number of hydrogen-bond acceptors (Lipinski definition) is 3. The molecule has 4 nitrogen and oxygen atoms in total. The van der Waals surface area contributed by atoms with Crippen LogP contribution in [0.15, 0.2) is 0 Å². The Kier molecular flexibility index (Phi) is 3.22. The van der Waals surface area contributed by atoms with Crippen molar-refractivity contribution in [3.05, 3.63) is 0 Å². The molecular weight excluding hydrogens is 202 g/mol. The average molecular weight is 225 g/mol. The van der Waals surface area contributed by atoms with Crippen molar-refractivity contribution >= 4 is 5.91 Å². The Morgan fingerprint density at radius 2 is 2.06 bits per heavy atom. The fraction of sp³-hybridized carbons (Fsp3) is 0.917. The number of nitrogens with zero attached hydrogens (tertiary/aromatic N) is 1. The number of likely N-dealkylation sites (N-methyl/N-ethyl adjacent to an activating group) is 1. The standard InChI is InChI=1S/C12H23N3O/c1-14-12(11(13)16)7-3-4-10(8-12)15(2)9-5-6-9/h9-10,14H,3-8H2,1-2H3,(H2,13,16). The van der Waals surface area contributed by atoms with Crippen LogP contribution in [0.3, 0.4) is 0 Å². The molecule has 2 atom stereocenters. The van der Waals surface area contributed by atoms with E-state index in [1.54, 1.807) is 0 Å². The summed E-state index contributed by atoms with van der Waals surface area (Å²) in [6.45, 7) is 0. The van der Waals surface area contributed by atoms with Gasteiger partial charge in [-0.25, -0.2) is 0 Å². The fourth-order valence-electron chi connectivity index (χ4n) is 2.95. The molecule has 0 aromatic heterocycles. The summed E-state index contributed by atoms with van der Waals surface area (Å²) in [4.78, 5) is 14.1. The SMILES string of the molecule is CNC1(C(N)=O)CCCC(N(C)C2CC2)C1. The Balaban J connectivity index is 2.04. The quantitative estimate of drug-likeness (QED) is 0.731. The molecule has 0 saturated heterocycles. The van der Waals surface area contributed by atoms with Gasteiger partial charge in [0.2, 0.25) is 5.91 Å². The Hall–Kier alpha value is -0.610. The summed E-state index contributed by atoms with van der Waals surface area (Å²) in [5, 5.41) is 3.16. The molecule has 2 aliphatic rings. The Morgan fingerprint density at radius 1 is 1.38 bits per heavy atom. The second-order valence-electron chi connectivity index (χ2n) is 5.34. The maximum atomic E-state index is 11.6. The van der Waals surface area contributed by atoms with Gasteiger partial charge in [0.25, 0.3) is 0 Å². The predicted molar refractivity (Wildman–Crippen MR) is 64.0 cm³/mol. The largest absolute Gasteiger partial charge is 0.368 e. The first-order valence-electron chi connectivity index (χ1n) is 6.30. The number of primary amides is 1. The average Bonchev–Trinajstić information content (AvgIpc) is 3.11. The number of hydrogen-bond donors (Lipinski definition) is 2. The molecule has 0 spiro atoms. The third kappa shape index (κ3) is 2.09. The molecule has 92 valence electrons. The van der Waals surface area contributed by atoms with Crippen molar-refractivity contribution < 1.29 is 4.79 Å². The van der Waals surface area contributed by atoms with E-state index in [1.807, 2.05) is 7.05 Å². The minimum Gasteiger partial charge on any atom is -0.368 e. The van der Waals surface area contributed by atoms with Gasteiger partial charge in [-0.3, -0.25) is 4.79 Å². The van der Waals surface area contributed by atoms with Crippen molar-refractivity contribution in [1.82, 2.24) is 10.2 Å². The van der Waals surface area contributed by atoms with Gasteiger partial charge in [-0.2, -0.15) is 0 Å². The van der Waals surface area contributed by atoms with Crippen LogP contribution >= 0.6 is 0 Å². The van der Waals surface area contributed by atoms with Gasteiger partial charge in [0.05, 0.1) is 5.54 Å². The first-order chi connectivity index (χ1) is 7.59. The molecule has 4 heteroatoms. The molecule has 0 bridgehead atoms. The van der Waals surface area contributed by atoms with Gasteiger partial charge >= 0.3 is 0 Å². The highest BCUT2D eigenvalue weighted by Crippen LogP contribution is 2.35. The first kappa shape index (κ1) is 11.9. The van der Waals surface area contributed by atoms with Gasteiger partial charge in [-0.15, -0.1) is 0 Å². The highest BCUT2D eigenvalue weighted by Gasteiger charge is 2.43. The third-order valence-corrected chi connectivity index (χ3v) is 4.37. The molecule has 0 aromatic rings. The molecule has 2 rings (SSSR count). The summed E-state index contributed by atoms with van der Waals surface area (Å²) in [6.07, 6.45) is 6.67. The summed E-state index contributed by atoms with van der Waals surface area (Å²) in [6, 6.07) is 1.27. The highest BCUT2D eigenvalue weighted by atomic mass is 16.1. The molecule has 0 radical (unpaired) electrons.